The molecule has 4 heteroatoms. The van der Waals surface area contributed by atoms with Gasteiger partial charge in [-0.3, -0.25) is 0 Å². The van der Waals surface area contributed by atoms with Crippen molar-refractivity contribution in [3.8, 4) is 0 Å². The molecule has 2 unspecified atom stereocenters. The van der Waals surface area contributed by atoms with Crippen LogP contribution in [-0.2, 0) is 18.0 Å². The summed E-state index contributed by atoms with van der Waals surface area (Å²) in [5.41, 5.74) is -0.347. The van der Waals surface area contributed by atoms with Gasteiger partial charge in [0.25, 0.3) is 0 Å². The topological polar surface area (TPSA) is 0 Å². The molecule has 0 spiro atoms. The molecule has 0 aromatic carbocycles. The summed E-state index contributed by atoms with van der Waals surface area (Å²) in [6.45, 7) is 0. The summed E-state index contributed by atoms with van der Waals surface area (Å²) in [5, 5.41) is 0.130. The average molecular weight is 370 g/mol. The first-order chi connectivity index (χ1) is 2.64. The van der Waals surface area contributed by atoms with E-state index in [-0.39, 0.29) is 10.9 Å². The van der Waals surface area contributed by atoms with Crippen LogP contribution in [0, 0.1) is 0 Å². The van der Waals surface area contributed by atoms with Gasteiger partial charge in [-0.2, -0.15) is 0 Å². The first-order valence-electron chi connectivity index (χ1n) is 1.47. The van der Waals surface area contributed by atoms with Crippen molar-refractivity contribution in [3.05, 3.63) is 0 Å². The molecule has 28 valence electrons. The molecule has 0 aromatic rings. The third kappa shape index (κ3) is 5.83. The fraction of sp³-hybridized carbons (Fsp3) is 1.00. The fourth-order valence-corrected chi connectivity index (χ4v) is 0. The van der Waals surface area contributed by atoms with Gasteiger partial charge in [0.1, 0.15) is 0 Å². The normalized spacial score (nSPS) is 23.8. The number of hydrogen-bond acceptors (Lipinski definition) is 0. The van der Waals surface area contributed by atoms with Crippen molar-refractivity contribution in [2.75, 3.05) is 5.63 Å². The molecule has 0 rings (SSSR count). The summed E-state index contributed by atoms with van der Waals surface area (Å²) < 4.78 is 6.84. The fourth-order valence-electron chi connectivity index (χ4n) is 0. The molecular formula is CH2BISW. The molecule has 0 amide bonds. The van der Waals surface area contributed by atoms with E-state index >= 15 is 0 Å². The molecule has 0 aromatic heterocycles. The zero-order valence-electron chi connectivity index (χ0n) is 3.35. The molecule has 0 N–H and O–H groups in total. The SMILES string of the molecule is [3H]C([B])[S](I)=[W]. The molecule has 0 aliphatic heterocycles. The molecule has 0 heterocycles. The molecule has 0 aliphatic carbocycles. The average Bonchev–Trinajstić information content (AvgIpc) is 1.36. The van der Waals surface area contributed by atoms with Crippen molar-refractivity contribution in [2.45, 2.75) is 0 Å². The van der Waals surface area contributed by atoms with E-state index in [9.17, 15) is 0 Å². The molecule has 0 saturated heterocycles. The van der Waals surface area contributed by atoms with Crippen molar-refractivity contribution < 1.29 is 19.4 Å². The van der Waals surface area contributed by atoms with E-state index in [0.717, 1.165) is 0 Å². The van der Waals surface area contributed by atoms with Crippen LogP contribution < -0.4 is 0 Å². The van der Waals surface area contributed by atoms with Crippen molar-refractivity contribution in [3.63, 3.8) is 0 Å². The van der Waals surface area contributed by atoms with Crippen molar-refractivity contribution >= 4 is 34.3 Å². The summed E-state index contributed by atoms with van der Waals surface area (Å²) in [6.07, 6.45) is 0. The summed E-state index contributed by atoms with van der Waals surface area (Å²) in [5.74, 6) is 0. The Morgan fingerprint density at radius 3 is 2.60 bits per heavy atom. The van der Waals surface area contributed by atoms with E-state index < -0.39 is 0 Å². The van der Waals surface area contributed by atoms with Crippen LogP contribution in [0.4, 0.5) is 0 Å². The maximum absolute atomic E-state index is 6.84. The van der Waals surface area contributed by atoms with E-state index in [1.54, 1.807) is 0 Å². The molecule has 0 nitrogen and oxygen atoms in total. The maximum atomic E-state index is 6.84. The van der Waals surface area contributed by atoms with Gasteiger partial charge in [-0.1, -0.05) is 0 Å². The van der Waals surface area contributed by atoms with Gasteiger partial charge in [-0.15, -0.1) is 0 Å². The van der Waals surface area contributed by atoms with Crippen molar-refractivity contribution in [1.82, 2.24) is 0 Å². The Hall–Kier alpha value is 1.83. The number of hydrogen-bond donors (Lipinski definition) is 0. The third-order valence-corrected chi connectivity index (χ3v) is 2.40. The van der Waals surface area contributed by atoms with Gasteiger partial charge in [0.2, 0.25) is 0 Å². The van der Waals surface area contributed by atoms with Crippen LogP contribution in [0.15, 0.2) is 0 Å². The predicted molar refractivity (Wildman–Crippen MR) is 32.2 cm³/mol. The molecule has 0 bridgehead atoms. The summed E-state index contributed by atoms with van der Waals surface area (Å²) in [7, 11) is 5.13. The second-order valence-electron chi connectivity index (χ2n) is 0.384. The third-order valence-electron chi connectivity index (χ3n) is 0.107. The second kappa shape index (κ2) is 4.00. The molecule has 5 heavy (non-hydrogen) atoms. The molecule has 2 radical (unpaired) electrons. The van der Waals surface area contributed by atoms with E-state index in [1.807, 2.05) is 0 Å². The van der Waals surface area contributed by atoms with E-state index in [2.05, 4.69) is 21.2 Å². The van der Waals surface area contributed by atoms with Gasteiger partial charge in [0.15, 0.2) is 0 Å². The molecule has 0 aliphatic rings. The van der Waals surface area contributed by atoms with Gasteiger partial charge in [0, 0.05) is 0 Å². The second-order valence-corrected chi connectivity index (χ2v) is 14.9. The summed E-state index contributed by atoms with van der Waals surface area (Å²) in [6, 6.07) is 0. The Morgan fingerprint density at radius 1 is 2.40 bits per heavy atom. The van der Waals surface area contributed by atoms with E-state index in [1.165, 1.54) is 18.0 Å². The van der Waals surface area contributed by atoms with Crippen LogP contribution in [0.5, 0.6) is 0 Å². The zero-order valence-corrected chi connectivity index (χ0v) is 8.26. The van der Waals surface area contributed by atoms with Gasteiger partial charge in [-0.25, -0.2) is 0 Å². The van der Waals surface area contributed by atoms with E-state index in [4.69, 9.17) is 9.22 Å². The Kier molecular flexibility index (Phi) is 3.99. The Labute approximate surface area is 58.8 Å². The molecule has 0 saturated carbocycles. The number of rotatable bonds is 1. The Balaban J connectivity index is 3.26. The first-order valence-corrected chi connectivity index (χ1v) is 8.24. The molecular weight excluding hydrogens is 366 g/mol. The summed E-state index contributed by atoms with van der Waals surface area (Å²) in [4.78, 5) is 0. The van der Waals surface area contributed by atoms with Crippen LogP contribution in [0.2, 0.25) is 0 Å². The Morgan fingerprint density at radius 2 is 2.60 bits per heavy atom. The van der Waals surface area contributed by atoms with Crippen molar-refractivity contribution in [2.24, 2.45) is 0 Å². The van der Waals surface area contributed by atoms with Crippen LogP contribution in [0.3, 0.4) is 0 Å². The van der Waals surface area contributed by atoms with Crippen LogP contribution in [0.25, 0.3) is 0 Å². The monoisotopic (exact) mass is 370 g/mol. The zero-order chi connectivity index (χ0) is 5.15. The van der Waals surface area contributed by atoms with E-state index in [0.29, 0.717) is 0 Å². The van der Waals surface area contributed by atoms with Crippen LogP contribution in [-0.4, -0.2) is 13.5 Å². The van der Waals surface area contributed by atoms with Gasteiger partial charge < -0.3 is 0 Å². The quantitative estimate of drug-likeness (QED) is 0.481. The van der Waals surface area contributed by atoms with Crippen molar-refractivity contribution in [1.29, 1.82) is 0 Å². The van der Waals surface area contributed by atoms with Crippen LogP contribution in [0.1, 0.15) is 1.37 Å². The predicted octanol–water partition coefficient (Wildman–Crippen LogP) is 1.19. The molecule has 2 atom stereocenters. The van der Waals surface area contributed by atoms with Gasteiger partial charge in [0.05, 0.1) is 0 Å². The first kappa shape index (κ1) is 4.98. The Bertz CT molecular complexity index is 66.6. The molecule has 0 fully saturated rings. The number of halogens is 1. The van der Waals surface area contributed by atoms with Crippen LogP contribution >= 0.6 is 26.5 Å². The summed E-state index contributed by atoms with van der Waals surface area (Å²) >= 11 is 3.60. The standard InChI is InChI=1S/CH2BIS.W/c2-1-4-3;/h1H2;/i1T;. The minimum atomic E-state index is -0.347. The minimum absolute atomic E-state index is 0.130. The van der Waals surface area contributed by atoms with Gasteiger partial charge >= 0.3 is 59.3 Å². The van der Waals surface area contributed by atoms with Gasteiger partial charge in [-0.05, 0) is 0 Å².